The zero-order chi connectivity index (χ0) is 22.6. The van der Waals surface area contributed by atoms with Crippen molar-refractivity contribution in [2.45, 2.75) is 69.9 Å². The van der Waals surface area contributed by atoms with Crippen molar-refractivity contribution in [3.05, 3.63) is 29.8 Å². The standard InChI is InChI=1S/C23H39N3O5/c1-17(28)25-20-15-26(21(16-27)23(30)22(20)29)13-7-5-3-4-6-12-24-14-18-8-10-19(31-2)11-9-18/h8-11,20-24,27,29-30H,3-7,12-16H2,1-2H3,(H,25,28)/t20-,21+,22+,23+/m0/s1. The highest BCUT2D eigenvalue weighted by atomic mass is 16.5. The van der Waals surface area contributed by atoms with Crippen LogP contribution in [0.15, 0.2) is 24.3 Å². The summed E-state index contributed by atoms with van der Waals surface area (Å²) in [5.41, 5.74) is 1.24. The average molecular weight is 438 g/mol. The van der Waals surface area contributed by atoms with Gasteiger partial charge in [0, 0.05) is 20.0 Å². The molecular weight excluding hydrogens is 398 g/mol. The number of carbonyl (C=O) groups is 1. The molecule has 8 heteroatoms. The number of amides is 1. The number of aliphatic hydroxyl groups is 3. The molecule has 4 atom stereocenters. The maximum Gasteiger partial charge on any atom is 0.217 e. The minimum absolute atomic E-state index is 0.217. The largest absolute Gasteiger partial charge is 0.497 e. The molecule has 0 saturated carbocycles. The first-order valence-electron chi connectivity index (χ1n) is 11.3. The van der Waals surface area contributed by atoms with E-state index in [1.165, 1.54) is 12.5 Å². The number of hydrogen-bond acceptors (Lipinski definition) is 7. The number of nitrogens with one attached hydrogen (secondary N) is 2. The molecule has 1 aromatic rings. The Morgan fingerprint density at radius 1 is 1.10 bits per heavy atom. The van der Waals surface area contributed by atoms with Crippen LogP contribution in [0.1, 0.15) is 44.6 Å². The number of carbonyl (C=O) groups excluding carboxylic acids is 1. The fraction of sp³-hybridized carbons (Fsp3) is 0.696. The highest BCUT2D eigenvalue weighted by Crippen LogP contribution is 2.20. The third-order valence-electron chi connectivity index (χ3n) is 5.92. The molecule has 1 amide bonds. The van der Waals surface area contributed by atoms with Crippen molar-refractivity contribution in [3.8, 4) is 5.75 Å². The van der Waals surface area contributed by atoms with Crippen LogP contribution in [0, 0.1) is 0 Å². The van der Waals surface area contributed by atoms with Crippen LogP contribution in [-0.4, -0.2) is 83.8 Å². The van der Waals surface area contributed by atoms with E-state index in [2.05, 4.69) is 22.8 Å². The number of hydrogen-bond donors (Lipinski definition) is 5. The Bertz CT molecular complexity index is 643. The number of methoxy groups -OCH3 is 1. The summed E-state index contributed by atoms with van der Waals surface area (Å²) in [5, 5.41) is 36.3. The first-order valence-corrected chi connectivity index (χ1v) is 11.3. The third-order valence-corrected chi connectivity index (χ3v) is 5.92. The molecule has 0 spiro atoms. The van der Waals surface area contributed by atoms with Crippen LogP contribution in [-0.2, 0) is 11.3 Å². The number of aliphatic hydroxyl groups excluding tert-OH is 3. The summed E-state index contributed by atoms with van der Waals surface area (Å²) in [5.74, 6) is 0.634. The van der Waals surface area contributed by atoms with Crippen molar-refractivity contribution >= 4 is 5.91 Å². The monoisotopic (exact) mass is 437 g/mol. The second-order valence-electron chi connectivity index (χ2n) is 8.33. The van der Waals surface area contributed by atoms with Gasteiger partial charge in [0.15, 0.2) is 0 Å². The number of rotatable bonds is 13. The number of ether oxygens (including phenoxy) is 1. The van der Waals surface area contributed by atoms with Gasteiger partial charge in [0.05, 0.1) is 31.9 Å². The van der Waals surface area contributed by atoms with E-state index >= 15 is 0 Å². The Morgan fingerprint density at radius 3 is 2.42 bits per heavy atom. The Hall–Kier alpha value is -1.71. The highest BCUT2D eigenvalue weighted by molar-refractivity contribution is 5.73. The number of piperidine rings is 1. The van der Waals surface area contributed by atoms with E-state index in [1.54, 1.807) is 7.11 Å². The van der Waals surface area contributed by atoms with E-state index < -0.39 is 24.3 Å². The molecule has 0 radical (unpaired) electrons. The normalized spacial score (nSPS) is 24.2. The van der Waals surface area contributed by atoms with Crippen LogP contribution < -0.4 is 15.4 Å². The number of unbranched alkanes of at least 4 members (excludes halogenated alkanes) is 4. The summed E-state index contributed by atoms with van der Waals surface area (Å²) in [6.07, 6.45) is 3.27. The third kappa shape index (κ3) is 8.38. The van der Waals surface area contributed by atoms with Gasteiger partial charge in [-0.1, -0.05) is 31.4 Å². The zero-order valence-electron chi connectivity index (χ0n) is 18.8. The maximum absolute atomic E-state index is 11.4. The number of benzene rings is 1. The molecule has 0 unspecified atom stereocenters. The van der Waals surface area contributed by atoms with Gasteiger partial charge >= 0.3 is 0 Å². The van der Waals surface area contributed by atoms with Crippen molar-refractivity contribution in [2.75, 3.05) is 33.4 Å². The van der Waals surface area contributed by atoms with Gasteiger partial charge in [0.2, 0.25) is 5.91 Å². The first kappa shape index (κ1) is 25.5. The molecule has 0 aromatic heterocycles. The lowest BCUT2D eigenvalue weighted by molar-refractivity contribution is -0.128. The average Bonchev–Trinajstić information content (AvgIpc) is 2.76. The van der Waals surface area contributed by atoms with Gasteiger partial charge < -0.3 is 30.7 Å². The molecule has 0 aliphatic carbocycles. The molecule has 31 heavy (non-hydrogen) atoms. The second-order valence-corrected chi connectivity index (χ2v) is 8.33. The van der Waals surface area contributed by atoms with E-state index in [0.29, 0.717) is 6.54 Å². The molecule has 1 aliphatic heterocycles. The van der Waals surface area contributed by atoms with Crippen LogP contribution in [0.3, 0.4) is 0 Å². The topological polar surface area (TPSA) is 114 Å². The molecular formula is C23H39N3O5. The Kier molecular flexibility index (Phi) is 11.2. The van der Waals surface area contributed by atoms with Crippen LogP contribution in [0.4, 0.5) is 0 Å². The molecule has 1 saturated heterocycles. The molecule has 1 aromatic carbocycles. The zero-order valence-corrected chi connectivity index (χ0v) is 18.8. The predicted molar refractivity (Wildman–Crippen MR) is 120 cm³/mol. The van der Waals surface area contributed by atoms with Crippen molar-refractivity contribution in [2.24, 2.45) is 0 Å². The molecule has 5 N–H and O–H groups in total. The molecule has 8 nitrogen and oxygen atoms in total. The SMILES string of the molecule is COc1ccc(CNCCCCCCCN2C[C@H](NC(C)=O)[C@@H](O)[C@H](O)[C@H]2CO)cc1. The van der Waals surface area contributed by atoms with Crippen molar-refractivity contribution < 1.29 is 24.9 Å². The predicted octanol–water partition coefficient (Wildman–Crippen LogP) is 0.638. The lowest BCUT2D eigenvalue weighted by Crippen LogP contribution is -2.66. The van der Waals surface area contributed by atoms with Crippen molar-refractivity contribution in [1.29, 1.82) is 0 Å². The van der Waals surface area contributed by atoms with Gasteiger partial charge in [0.1, 0.15) is 11.9 Å². The van der Waals surface area contributed by atoms with Crippen LogP contribution in [0.25, 0.3) is 0 Å². The fourth-order valence-corrected chi connectivity index (χ4v) is 4.12. The van der Waals surface area contributed by atoms with E-state index in [-0.39, 0.29) is 12.5 Å². The lowest BCUT2D eigenvalue weighted by atomic mass is 9.92. The van der Waals surface area contributed by atoms with Gasteiger partial charge in [-0.2, -0.15) is 0 Å². The molecule has 176 valence electrons. The Morgan fingerprint density at radius 2 is 1.77 bits per heavy atom. The molecule has 1 heterocycles. The van der Waals surface area contributed by atoms with E-state index in [4.69, 9.17) is 4.74 Å². The van der Waals surface area contributed by atoms with Gasteiger partial charge in [-0.25, -0.2) is 0 Å². The maximum atomic E-state index is 11.4. The Labute approximate surface area is 185 Å². The van der Waals surface area contributed by atoms with Crippen molar-refractivity contribution in [3.63, 3.8) is 0 Å². The molecule has 1 aliphatic rings. The van der Waals surface area contributed by atoms with E-state index in [0.717, 1.165) is 57.5 Å². The minimum Gasteiger partial charge on any atom is -0.497 e. The van der Waals surface area contributed by atoms with E-state index in [1.807, 2.05) is 17.0 Å². The first-order chi connectivity index (χ1) is 15.0. The van der Waals surface area contributed by atoms with Gasteiger partial charge in [0.25, 0.3) is 0 Å². The van der Waals surface area contributed by atoms with Gasteiger partial charge in [-0.15, -0.1) is 0 Å². The second kappa shape index (κ2) is 13.6. The summed E-state index contributed by atoms with van der Waals surface area (Å²) in [6, 6.07) is 7.06. The van der Waals surface area contributed by atoms with E-state index in [9.17, 15) is 20.1 Å². The smallest absolute Gasteiger partial charge is 0.217 e. The molecule has 0 bridgehead atoms. The molecule has 1 fully saturated rings. The summed E-state index contributed by atoms with van der Waals surface area (Å²) in [6.45, 7) is 4.16. The summed E-state index contributed by atoms with van der Waals surface area (Å²) in [4.78, 5) is 13.3. The fourth-order valence-electron chi connectivity index (χ4n) is 4.12. The minimum atomic E-state index is -1.08. The summed E-state index contributed by atoms with van der Waals surface area (Å²) >= 11 is 0. The molecule has 2 rings (SSSR count). The number of nitrogens with zero attached hydrogens (tertiary/aromatic N) is 1. The number of likely N-dealkylation sites (tertiary alicyclic amines) is 1. The Balaban J connectivity index is 1.58. The lowest BCUT2D eigenvalue weighted by Gasteiger charge is -2.45. The van der Waals surface area contributed by atoms with Gasteiger partial charge in [-0.05, 0) is 43.6 Å². The van der Waals surface area contributed by atoms with Gasteiger partial charge in [-0.3, -0.25) is 9.69 Å². The quantitative estimate of drug-likeness (QED) is 0.288. The van der Waals surface area contributed by atoms with Crippen LogP contribution in [0.5, 0.6) is 5.75 Å². The summed E-state index contributed by atoms with van der Waals surface area (Å²) in [7, 11) is 1.67. The summed E-state index contributed by atoms with van der Waals surface area (Å²) < 4.78 is 5.16. The van der Waals surface area contributed by atoms with Crippen LogP contribution in [0.2, 0.25) is 0 Å². The highest BCUT2D eigenvalue weighted by Gasteiger charge is 2.41. The van der Waals surface area contributed by atoms with Crippen molar-refractivity contribution in [1.82, 2.24) is 15.5 Å². The van der Waals surface area contributed by atoms with Crippen LogP contribution >= 0.6 is 0 Å².